The van der Waals surface area contributed by atoms with Crippen LogP contribution in [0.4, 0.5) is 15.9 Å². The Morgan fingerprint density at radius 1 is 1.39 bits per heavy atom. The van der Waals surface area contributed by atoms with E-state index < -0.39 is 0 Å². The number of hydrogen-bond acceptors (Lipinski definition) is 3. The van der Waals surface area contributed by atoms with Crippen LogP contribution in [0.25, 0.3) is 0 Å². The van der Waals surface area contributed by atoms with E-state index in [4.69, 9.17) is 5.26 Å². The van der Waals surface area contributed by atoms with E-state index in [9.17, 15) is 4.39 Å². The molecule has 90 valence electrons. The number of benzene rings is 1. The topological polar surface area (TPSA) is 48.7 Å². The molecule has 0 spiro atoms. The highest BCUT2D eigenvalue weighted by atomic mass is 79.9. The maximum atomic E-state index is 13.3. The summed E-state index contributed by atoms with van der Waals surface area (Å²) in [6, 6.07) is 8.47. The van der Waals surface area contributed by atoms with Crippen LogP contribution in [0, 0.1) is 24.1 Å². The summed E-state index contributed by atoms with van der Waals surface area (Å²) in [5.74, 6) is 0.307. The minimum Gasteiger partial charge on any atom is -0.340 e. The zero-order valence-electron chi connectivity index (χ0n) is 9.54. The molecule has 1 N–H and O–H groups in total. The Bertz CT molecular complexity index is 617. The molecular formula is C13H9BrFN3. The van der Waals surface area contributed by atoms with E-state index in [1.54, 1.807) is 18.2 Å². The smallest absolute Gasteiger partial charge is 0.137 e. The van der Waals surface area contributed by atoms with Crippen LogP contribution >= 0.6 is 15.9 Å². The first-order valence-electron chi connectivity index (χ1n) is 5.19. The first-order chi connectivity index (χ1) is 8.60. The second-order valence-electron chi connectivity index (χ2n) is 3.75. The van der Waals surface area contributed by atoms with Gasteiger partial charge in [-0.05, 0) is 52.7 Å². The number of aromatic nitrogens is 1. The molecule has 1 aromatic heterocycles. The Balaban J connectivity index is 2.28. The van der Waals surface area contributed by atoms with Gasteiger partial charge in [-0.25, -0.2) is 9.37 Å². The van der Waals surface area contributed by atoms with Crippen LogP contribution < -0.4 is 5.32 Å². The molecule has 0 amide bonds. The van der Waals surface area contributed by atoms with Crippen molar-refractivity contribution in [2.24, 2.45) is 0 Å². The van der Waals surface area contributed by atoms with Gasteiger partial charge < -0.3 is 5.32 Å². The lowest BCUT2D eigenvalue weighted by molar-refractivity contribution is 0.620. The van der Waals surface area contributed by atoms with Crippen LogP contribution in [-0.4, -0.2) is 4.98 Å². The maximum Gasteiger partial charge on any atom is 0.137 e. The summed E-state index contributed by atoms with van der Waals surface area (Å²) >= 11 is 3.14. The van der Waals surface area contributed by atoms with Gasteiger partial charge in [-0.1, -0.05) is 0 Å². The Kier molecular flexibility index (Phi) is 3.58. The molecule has 18 heavy (non-hydrogen) atoms. The third-order valence-corrected chi connectivity index (χ3v) is 3.03. The molecule has 0 fully saturated rings. The van der Waals surface area contributed by atoms with E-state index in [0.717, 1.165) is 11.3 Å². The minimum atomic E-state index is -0.300. The van der Waals surface area contributed by atoms with Gasteiger partial charge >= 0.3 is 0 Å². The van der Waals surface area contributed by atoms with Crippen LogP contribution in [0.3, 0.4) is 0 Å². The predicted octanol–water partition coefficient (Wildman–Crippen LogP) is 3.91. The van der Waals surface area contributed by atoms with E-state index in [1.807, 2.05) is 13.0 Å². The van der Waals surface area contributed by atoms with Gasteiger partial charge in [-0.2, -0.15) is 5.26 Å². The van der Waals surface area contributed by atoms with E-state index in [0.29, 0.717) is 15.9 Å². The van der Waals surface area contributed by atoms with E-state index in [2.05, 4.69) is 26.2 Å². The van der Waals surface area contributed by atoms with Crippen molar-refractivity contribution in [3.8, 4) is 6.07 Å². The van der Waals surface area contributed by atoms with Gasteiger partial charge in [-0.15, -0.1) is 0 Å². The van der Waals surface area contributed by atoms with Gasteiger partial charge in [0.1, 0.15) is 17.7 Å². The van der Waals surface area contributed by atoms with Crippen LogP contribution in [0.15, 0.2) is 34.9 Å². The first-order valence-corrected chi connectivity index (χ1v) is 5.98. The fraction of sp³-hybridized carbons (Fsp3) is 0.0769. The van der Waals surface area contributed by atoms with Gasteiger partial charge in [0, 0.05) is 11.9 Å². The van der Waals surface area contributed by atoms with Crippen LogP contribution in [-0.2, 0) is 0 Å². The molecule has 1 heterocycles. The highest BCUT2D eigenvalue weighted by Crippen LogP contribution is 2.26. The Labute approximate surface area is 112 Å². The normalized spacial score (nSPS) is 9.89. The van der Waals surface area contributed by atoms with Crippen molar-refractivity contribution in [3.05, 3.63) is 51.9 Å². The molecule has 0 aliphatic carbocycles. The van der Waals surface area contributed by atoms with Gasteiger partial charge in [0.15, 0.2) is 0 Å². The highest BCUT2D eigenvalue weighted by Gasteiger charge is 2.06. The Hall–Kier alpha value is -1.93. The third kappa shape index (κ3) is 2.66. The van der Waals surface area contributed by atoms with Crippen molar-refractivity contribution in [2.75, 3.05) is 5.32 Å². The number of anilines is 2. The average Bonchev–Trinajstić information content (AvgIpc) is 2.37. The summed E-state index contributed by atoms with van der Waals surface area (Å²) in [7, 11) is 0. The number of nitrogens with one attached hydrogen (secondary N) is 1. The molecule has 0 saturated carbocycles. The quantitative estimate of drug-likeness (QED) is 0.915. The summed E-state index contributed by atoms with van der Waals surface area (Å²) < 4.78 is 13.7. The number of halogens is 2. The molecule has 2 rings (SSSR count). The average molecular weight is 306 g/mol. The number of nitriles is 1. The maximum absolute atomic E-state index is 13.3. The summed E-state index contributed by atoms with van der Waals surface area (Å²) in [5.41, 5.74) is 2.04. The predicted molar refractivity (Wildman–Crippen MR) is 71.1 cm³/mol. The van der Waals surface area contributed by atoms with Gasteiger partial charge in [0.2, 0.25) is 0 Å². The number of rotatable bonds is 2. The molecule has 0 aliphatic heterocycles. The first kappa shape index (κ1) is 12.5. The van der Waals surface area contributed by atoms with E-state index >= 15 is 0 Å². The van der Waals surface area contributed by atoms with Crippen LogP contribution in [0.2, 0.25) is 0 Å². The second-order valence-corrected chi connectivity index (χ2v) is 4.60. The molecule has 3 nitrogen and oxygen atoms in total. The monoisotopic (exact) mass is 305 g/mol. The van der Waals surface area contributed by atoms with Crippen molar-refractivity contribution in [2.45, 2.75) is 6.92 Å². The fourth-order valence-electron chi connectivity index (χ4n) is 1.45. The third-order valence-electron chi connectivity index (χ3n) is 2.42. The lowest BCUT2D eigenvalue weighted by Gasteiger charge is -2.09. The number of aryl methyl sites for hydroxylation is 1. The second kappa shape index (κ2) is 5.15. The van der Waals surface area contributed by atoms with Crippen molar-refractivity contribution >= 4 is 27.4 Å². The molecule has 0 saturated heterocycles. The Morgan fingerprint density at radius 3 is 2.78 bits per heavy atom. The van der Waals surface area contributed by atoms with Crippen molar-refractivity contribution in [1.29, 1.82) is 5.26 Å². The summed E-state index contributed by atoms with van der Waals surface area (Å²) in [4.78, 5) is 4.10. The molecule has 0 radical (unpaired) electrons. The van der Waals surface area contributed by atoms with Crippen LogP contribution in [0.5, 0.6) is 0 Å². The molecule has 5 heteroatoms. The highest BCUT2D eigenvalue weighted by molar-refractivity contribution is 9.10. The molecule has 0 atom stereocenters. The number of hydrogen-bond donors (Lipinski definition) is 1. The van der Waals surface area contributed by atoms with Gasteiger partial charge in [0.25, 0.3) is 0 Å². The lowest BCUT2D eigenvalue weighted by Crippen LogP contribution is -1.97. The lowest BCUT2D eigenvalue weighted by atomic mass is 10.2. The Morgan fingerprint density at radius 2 is 2.17 bits per heavy atom. The fourth-order valence-corrected chi connectivity index (χ4v) is 1.80. The van der Waals surface area contributed by atoms with Crippen LogP contribution in [0.1, 0.15) is 11.1 Å². The van der Waals surface area contributed by atoms with Crippen molar-refractivity contribution in [1.82, 2.24) is 4.98 Å². The molecule has 0 aliphatic rings. The standard InChI is InChI=1S/C13H9BrFN3/c1-8-4-11(15)10(14)5-12(8)18-13-3-2-9(6-16)7-17-13/h2-5,7H,1H3,(H,17,18). The van der Waals surface area contributed by atoms with E-state index in [-0.39, 0.29) is 5.82 Å². The van der Waals surface area contributed by atoms with Crippen molar-refractivity contribution < 1.29 is 4.39 Å². The molecule has 2 aromatic rings. The van der Waals surface area contributed by atoms with E-state index in [1.165, 1.54) is 12.3 Å². The molecule has 1 aromatic carbocycles. The molecular weight excluding hydrogens is 297 g/mol. The minimum absolute atomic E-state index is 0.300. The summed E-state index contributed by atoms with van der Waals surface area (Å²) in [6.07, 6.45) is 1.48. The zero-order chi connectivity index (χ0) is 13.1. The molecule has 0 unspecified atom stereocenters. The summed E-state index contributed by atoms with van der Waals surface area (Å²) in [5, 5.41) is 11.7. The number of nitrogens with zero attached hydrogens (tertiary/aromatic N) is 2. The SMILES string of the molecule is Cc1cc(F)c(Br)cc1Nc1ccc(C#N)cn1. The van der Waals surface area contributed by atoms with Gasteiger partial charge in [0.05, 0.1) is 10.0 Å². The van der Waals surface area contributed by atoms with Gasteiger partial charge in [-0.3, -0.25) is 0 Å². The zero-order valence-corrected chi connectivity index (χ0v) is 11.1. The van der Waals surface area contributed by atoms with Crippen molar-refractivity contribution in [3.63, 3.8) is 0 Å². The number of pyridine rings is 1. The largest absolute Gasteiger partial charge is 0.340 e. The summed E-state index contributed by atoms with van der Waals surface area (Å²) in [6.45, 7) is 1.81. The molecule has 0 bridgehead atoms.